The van der Waals surface area contributed by atoms with Crippen LogP contribution in [0.5, 0.6) is 0 Å². The first-order valence-corrected chi connectivity index (χ1v) is 6.66. The molecule has 0 aromatic carbocycles. The molecule has 1 atom stereocenters. The molecule has 2 heterocycles. The Morgan fingerprint density at radius 3 is 2.94 bits per heavy atom. The van der Waals surface area contributed by atoms with Gasteiger partial charge in [0.05, 0.1) is 6.10 Å². The fourth-order valence-electron chi connectivity index (χ4n) is 1.97. The van der Waals surface area contributed by atoms with Crippen LogP contribution in [0, 0.1) is 0 Å². The lowest BCUT2D eigenvalue weighted by atomic mass is 10.2. The quantitative estimate of drug-likeness (QED) is 0.859. The van der Waals surface area contributed by atoms with Gasteiger partial charge < -0.3 is 14.1 Å². The molecule has 2 rings (SSSR count). The van der Waals surface area contributed by atoms with Gasteiger partial charge in [-0.2, -0.15) is 0 Å². The monoisotopic (exact) mass is 301 g/mol. The Kier molecular flexibility index (Phi) is 4.23. The Balaban J connectivity index is 1.99. The first-order chi connectivity index (χ1) is 8.20. The zero-order valence-electron chi connectivity index (χ0n) is 9.82. The van der Waals surface area contributed by atoms with Gasteiger partial charge >= 0.3 is 0 Å². The maximum Gasteiger partial charge on any atom is 0.289 e. The number of rotatable bonds is 4. The van der Waals surface area contributed by atoms with E-state index in [1.54, 1.807) is 17.0 Å². The second-order valence-corrected chi connectivity index (χ2v) is 4.86. The fourth-order valence-corrected chi connectivity index (χ4v) is 2.28. The maximum atomic E-state index is 12.1. The van der Waals surface area contributed by atoms with Gasteiger partial charge in [-0.1, -0.05) is 0 Å². The highest BCUT2D eigenvalue weighted by molar-refractivity contribution is 9.10. The van der Waals surface area contributed by atoms with E-state index in [4.69, 9.17) is 9.15 Å². The highest BCUT2D eigenvalue weighted by Gasteiger charge is 2.23. The molecule has 0 N–H and O–H groups in total. The summed E-state index contributed by atoms with van der Waals surface area (Å²) in [5.41, 5.74) is 0. The predicted molar refractivity (Wildman–Crippen MR) is 67.0 cm³/mol. The second-order valence-electron chi connectivity index (χ2n) is 4.08. The molecule has 4 nitrogen and oxygen atoms in total. The lowest BCUT2D eigenvalue weighted by molar-refractivity contribution is 0.0515. The van der Waals surface area contributed by atoms with Crippen LogP contribution < -0.4 is 0 Å². The average Bonchev–Trinajstić information content (AvgIpc) is 2.96. The van der Waals surface area contributed by atoms with Crippen molar-refractivity contribution in [2.75, 3.05) is 19.7 Å². The third-order valence-corrected chi connectivity index (χ3v) is 3.33. The van der Waals surface area contributed by atoms with E-state index in [0.29, 0.717) is 23.5 Å². The number of hydrogen-bond donors (Lipinski definition) is 0. The van der Waals surface area contributed by atoms with Gasteiger partial charge in [-0.3, -0.25) is 4.79 Å². The summed E-state index contributed by atoms with van der Waals surface area (Å²) in [4.78, 5) is 13.9. The minimum atomic E-state index is -0.0753. The molecule has 1 aliphatic heterocycles. The largest absolute Gasteiger partial charge is 0.444 e. The molecule has 1 saturated heterocycles. The van der Waals surface area contributed by atoms with Crippen molar-refractivity contribution in [3.63, 3.8) is 0 Å². The van der Waals surface area contributed by atoms with Gasteiger partial charge in [-0.15, -0.1) is 0 Å². The summed E-state index contributed by atoms with van der Waals surface area (Å²) in [6, 6.07) is 3.41. The Morgan fingerprint density at radius 1 is 1.59 bits per heavy atom. The van der Waals surface area contributed by atoms with E-state index in [-0.39, 0.29) is 12.0 Å². The highest BCUT2D eigenvalue weighted by Crippen LogP contribution is 2.18. The lowest BCUT2D eigenvalue weighted by Crippen LogP contribution is -2.37. The summed E-state index contributed by atoms with van der Waals surface area (Å²) in [5.74, 6) is 0.297. The van der Waals surface area contributed by atoms with Crippen LogP contribution in [0.15, 0.2) is 21.2 Å². The SMILES string of the molecule is CCN(CC1CCCO1)C(=O)c1ccc(Br)o1. The van der Waals surface area contributed by atoms with E-state index >= 15 is 0 Å². The van der Waals surface area contributed by atoms with Crippen molar-refractivity contribution in [1.29, 1.82) is 0 Å². The third-order valence-electron chi connectivity index (χ3n) is 2.90. The van der Waals surface area contributed by atoms with Crippen molar-refractivity contribution in [2.24, 2.45) is 0 Å². The van der Waals surface area contributed by atoms with Gasteiger partial charge in [0.2, 0.25) is 0 Å². The van der Waals surface area contributed by atoms with Crippen LogP contribution in [0.25, 0.3) is 0 Å². The van der Waals surface area contributed by atoms with Crippen LogP contribution >= 0.6 is 15.9 Å². The van der Waals surface area contributed by atoms with Crippen LogP contribution in [-0.2, 0) is 4.74 Å². The number of nitrogens with zero attached hydrogens (tertiary/aromatic N) is 1. The number of ether oxygens (including phenoxy) is 1. The molecule has 0 radical (unpaired) electrons. The number of likely N-dealkylation sites (N-methyl/N-ethyl adjacent to an activating group) is 1. The third kappa shape index (κ3) is 3.10. The summed E-state index contributed by atoms with van der Waals surface area (Å²) < 4.78 is 11.4. The van der Waals surface area contributed by atoms with Crippen LogP contribution in [0.1, 0.15) is 30.3 Å². The van der Waals surface area contributed by atoms with Gasteiger partial charge in [0, 0.05) is 19.7 Å². The highest BCUT2D eigenvalue weighted by atomic mass is 79.9. The molecule has 1 unspecified atom stereocenters. The molecule has 1 fully saturated rings. The van der Waals surface area contributed by atoms with Crippen molar-refractivity contribution in [1.82, 2.24) is 4.90 Å². The summed E-state index contributed by atoms with van der Waals surface area (Å²) in [7, 11) is 0. The van der Waals surface area contributed by atoms with E-state index in [2.05, 4.69) is 15.9 Å². The van der Waals surface area contributed by atoms with Gasteiger partial charge in [0.25, 0.3) is 5.91 Å². The lowest BCUT2D eigenvalue weighted by Gasteiger charge is -2.22. The van der Waals surface area contributed by atoms with E-state index in [9.17, 15) is 4.79 Å². The van der Waals surface area contributed by atoms with Gasteiger partial charge in [0.15, 0.2) is 10.4 Å². The number of furan rings is 1. The molecule has 1 amide bonds. The molecule has 0 bridgehead atoms. The predicted octanol–water partition coefficient (Wildman–Crippen LogP) is 2.68. The first kappa shape index (κ1) is 12.6. The molecule has 1 aliphatic rings. The number of amides is 1. The Labute approximate surface area is 109 Å². The standard InChI is InChI=1S/C12H16BrNO3/c1-2-14(8-9-4-3-7-16-9)12(15)10-5-6-11(13)17-10/h5-6,9H,2-4,7-8H2,1H3. The number of halogens is 1. The smallest absolute Gasteiger partial charge is 0.289 e. The summed E-state index contributed by atoms with van der Waals surface area (Å²) in [6.45, 7) is 4.08. The van der Waals surface area contributed by atoms with Crippen molar-refractivity contribution >= 4 is 21.8 Å². The minimum Gasteiger partial charge on any atom is -0.444 e. The number of hydrogen-bond acceptors (Lipinski definition) is 3. The second kappa shape index (κ2) is 5.69. The summed E-state index contributed by atoms with van der Waals surface area (Å²) in [6.07, 6.45) is 2.30. The molecule has 1 aromatic rings. The molecule has 0 aliphatic carbocycles. The van der Waals surface area contributed by atoms with Crippen LogP contribution in [-0.4, -0.2) is 36.6 Å². The van der Waals surface area contributed by atoms with Crippen LogP contribution in [0.4, 0.5) is 0 Å². The molecule has 0 spiro atoms. The molecule has 0 saturated carbocycles. The van der Waals surface area contributed by atoms with E-state index in [0.717, 1.165) is 19.4 Å². The van der Waals surface area contributed by atoms with Crippen molar-refractivity contribution in [3.8, 4) is 0 Å². The maximum absolute atomic E-state index is 12.1. The molecular weight excluding hydrogens is 286 g/mol. The Bertz CT molecular complexity index is 385. The summed E-state index contributed by atoms with van der Waals surface area (Å²) >= 11 is 3.20. The normalized spacial score (nSPS) is 19.5. The summed E-state index contributed by atoms with van der Waals surface area (Å²) in [5, 5.41) is 0. The Morgan fingerprint density at radius 2 is 2.41 bits per heavy atom. The van der Waals surface area contributed by atoms with E-state index in [1.165, 1.54) is 0 Å². The Hall–Kier alpha value is -0.810. The van der Waals surface area contributed by atoms with Crippen LogP contribution in [0.3, 0.4) is 0 Å². The van der Waals surface area contributed by atoms with Crippen molar-refractivity contribution in [3.05, 3.63) is 22.6 Å². The van der Waals surface area contributed by atoms with E-state index < -0.39 is 0 Å². The number of carbonyl (C=O) groups is 1. The van der Waals surface area contributed by atoms with Crippen molar-refractivity contribution in [2.45, 2.75) is 25.9 Å². The first-order valence-electron chi connectivity index (χ1n) is 5.87. The zero-order chi connectivity index (χ0) is 12.3. The van der Waals surface area contributed by atoms with Gasteiger partial charge in [0.1, 0.15) is 0 Å². The van der Waals surface area contributed by atoms with Crippen molar-refractivity contribution < 1.29 is 13.9 Å². The average molecular weight is 302 g/mol. The van der Waals surface area contributed by atoms with Gasteiger partial charge in [-0.25, -0.2) is 0 Å². The van der Waals surface area contributed by atoms with Gasteiger partial charge in [-0.05, 0) is 47.8 Å². The fraction of sp³-hybridized carbons (Fsp3) is 0.583. The van der Waals surface area contributed by atoms with E-state index in [1.807, 2.05) is 6.92 Å². The van der Waals surface area contributed by atoms with Crippen LogP contribution in [0.2, 0.25) is 0 Å². The molecule has 94 valence electrons. The zero-order valence-corrected chi connectivity index (χ0v) is 11.4. The molecular formula is C12H16BrNO3. The minimum absolute atomic E-state index is 0.0753. The molecule has 5 heteroatoms. The molecule has 17 heavy (non-hydrogen) atoms. The number of carbonyl (C=O) groups excluding carboxylic acids is 1. The molecule has 1 aromatic heterocycles. The topological polar surface area (TPSA) is 42.7 Å².